The summed E-state index contributed by atoms with van der Waals surface area (Å²) in [7, 11) is -4.30. The highest BCUT2D eigenvalue weighted by atomic mass is 35.5. The topological polar surface area (TPSA) is 89.4 Å². The zero-order valence-corrected chi connectivity index (χ0v) is 22.0. The first kappa shape index (κ1) is 27.1. The van der Waals surface area contributed by atoms with Gasteiger partial charge < -0.3 is 19.3 Å². The molecule has 0 aromatic heterocycles. The second-order valence-corrected chi connectivity index (χ2v) is 11.3. The van der Waals surface area contributed by atoms with E-state index in [9.17, 15) is 26.4 Å². The third-order valence-electron chi connectivity index (χ3n) is 6.57. The number of hydrogen-bond donors (Lipinski definition) is 2. The van der Waals surface area contributed by atoms with E-state index in [-0.39, 0.29) is 28.0 Å². The van der Waals surface area contributed by atoms with E-state index in [4.69, 9.17) is 21.1 Å². The van der Waals surface area contributed by atoms with Gasteiger partial charge in [0.25, 0.3) is 15.9 Å². The smallest absolute Gasteiger partial charge is 0.416 e. The lowest BCUT2D eigenvalue weighted by Crippen LogP contribution is -3.13. The number of fused-ring (bicyclic) bond motifs is 1. The Balaban J connectivity index is 1.25. The van der Waals surface area contributed by atoms with Crippen LogP contribution >= 0.6 is 11.6 Å². The molecule has 0 spiro atoms. The van der Waals surface area contributed by atoms with Crippen molar-refractivity contribution in [3.05, 3.63) is 82.4 Å². The Morgan fingerprint density at radius 3 is 2.49 bits per heavy atom. The summed E-state index contributed by atoms with van der Waals surface area (Å²) in [5.74, 6) is 1.02. The van der Waals surface area contributed by atoms with Crippen LogP contribution in [0.4, 0.5) is 18.9 Å². The van der Waals surface area contributed by atoms with Crippen LogP contribution < -0.4 is 19.1 Å². The Morgan fingerprint density at radius 2 is 1.74 bits per heavy atom. The predicted octanol–water partition coefficient (Wildman–Crippen LogP) is 3.43. The van der Waals surface area contributed by atoms with Crippen molar-refractivity contribution in [3.63, 3.8) is 0 Å². The number of anilines is 1. The number of amides is 1. The fourth-order valence-electron chi connectivity index (χ4n) is 4.52. The summed E-state index contributed by atoms with van der Waals surface area (Å²) in [5, 5.41) is 0.0770. The Hall–Kier alpha value is -3.48. The molecule has 2 aliphatic rings. The summed E-state index contributed by atoms with van der Waals surface area (Å²) in [5.41, 5.74) is -0.158. The summed E-state index contributed by atoms with van der Waals surface area (Å²) in [6.07, 6.45) is -4.63. The molecule has 1 fully saturated rings. The Kier molecular flexibility index (Phi) is 7.36. The van der Waals surface area contributed by atoms with E-state index in [1.807, 2.05) is 18.2 Å². The van der Waals surface area contributed by atoms with Gasteiger partial charge in [0.15, 0.2) is 11.5 Å². The van der Waals surface area contributed by atoms with Crippen molar-refractivity contribution in [2.45, 2.75) is 17.6 Å². The second-order valence-electron chi connectivity index (χ2n) is 9.23. The van der Waals surface area contributed by atoms with E-state index >= 15 is 0 Å². The maximum Gasteiger partial charge on any atom is 0.416 e. The van der Waals surface area contributed by atoms with E-state index in [0.29, 0.717) is 38.0 Å². The average molecular weight is 583 g/mol. The summed E-state index contributed by atoms with van der Waals surface area (Å²) >= 11 is 6.26. The Morgan fingerprint density at radius 1 is 1.00 bits per heavy atom. The number of sulfonamides is 1. The molecule has 0 radical (unpaired) electrons. The highest BCUT2D eigenvalue weighted by molar-refractivity contribution is 7.92. The molecule has 3 aromatic carbocycles. The number of carbonyl (C=O) groups is 1. The molecule has 0 unspecified atom stereocenters. The van der Waals surface area contributed by atoms with Gasteiger partial charge in [-0.3, -0.25) is 9.52 Å². The van der Waals surface area contributed by atoms with Crippen molar-refractivity contribution in [1.29, 1.82) is 0 Å². The molecule has 5 rings (SSSR count). The van der Waals surface area contributed by atoms with Gasteiger partial charge in [0.2, 0.25) is 6.79 Å². The fourth-order valence-corrected chi connectivity index (χ4v) is 5.79. The van der Waals surface area contributed by atoms with E-state index in [1.165, 1.54) is 23.1 Å². The zero-order valence-electron chi connectivity index (χ0n) is 20.4. The van der Waals surface area contributed by atoms with Gasteiger partial charge in [-0.05, 0) is 54.6 Å². The van der Waals surface area contributed by atoms with Gasteiger partial charge in [0.05, 0.1) is 47.2 Å². The number of halogens is 4. The maximum absolute atomic E-state index is 13.3. The van der Waals surface area contributed by atoms with E-state index in [2.05, 4.69) is 4.72 Å². The summed E-state index contributed by atoms with van der Waals surface area (Å²) in [4.78, 5) is 15.9. The molecule has 206 valence electrons. The number of nitrogens with one attached hydrogen (secondary N) is 2. The van der Waals surface area contributed by atoms with Crippen molar-refractivity contribution < 1.29 is 40.8 Å². The molecule has 0 aliphatic carbocycles. The molecule has 1 amide bonds. The minimum Gasteiger partial charge on any atom is -0.454 e. The minimum atomic E-state index is -4.63. The van der Waals surface area contributed by atoms with Crippen LogP contribution in [-0.4, -0.2) is 52.2 Å². The first-order valence-corrected chi connectivity index (χ1v) is 13.9. The number of nitrogens with zero attached hydrogens (tertiary/aromatic N) is 1. The van der Waals surface area contributed by atoms with Gasteiger partial charge >= 0.3 is 6.18 Å². The molecule has 2 N–H and O–H groups in total. The molecule has 1 saturated heterocycles. The molecule has 3 aromatic rings. The SMILES string of the molecule is O=C(c1cc(S(=O)(=O)Nc2cccc(C(F)(F)F)c2)ccc1Cl)N1CC[NH+](Cc2ccc3c(c2)OCO3)CC1. The van der Waals surface area contributed by atoms with Gasteiger partial charge in [-0.1, -0.05) is 17.7 Å². The molecule has 39 heavy (non-hydrogen) atoms. The van der Waals surface area contributed by atoms with Gasteiger partial charge in [-0.2, -0.15) is 13.2 Å². The normalized spacial score (nSPS) is 15.8. The first-order valence-electron chi connectivity index (χ1n) is 12.0. The molecule has 0 bridgehead atoms. The van der Waals surface area contributed by atoms with Gasteiger partial charge in [0.1, 0.15) is 6.54 Å². The van der Waals surface area contributed by atoms with Crippen LogP contribution in [0.15, 0.2) is 65.6 Å². The van der Waals surface area contributed by atoms with Crippen LogP contribution in [0.3, 0.4) is 0 Å². The lowest BCUT2D eigenvalue weighted by atomic mass is 10.1. The summed E-state index contributed by atoms with van der Waals surface area (Å²) in [6, 6.07) is 13.3. The van der Waals surface area contributed by atoms with Gasteiger partial charge in [-0.25, -0.2) is 8.42 Å². The number of quaternary nitrogens is 1. The lowest BCUT2D eigenvalue weighted by molar-refractivity contribution is -0.917. The van der Waals surface area contributed by atoms with E-state index in [0.717, 1.165) is 36.1 Å². The first-order chi connectivity index (χ1) is 18.5. The molecule has 8 nitrogen and oxygen atoms in total. The number of alkyl halides is 3. The van der Waals surface area contributed by atoms with E-state index < -0.39 is 27.7 Å². The van der Waals surface area contributed by atoms with Gasteiger partial charge in [0, 0.05) is 11.3 Å². The van der Waals surface area contributed by atoms with Crippen LogP contribution in [0.2, 0.25) is 5.02 Å². The van der Waals surface area contributed by atoms with Crippen molar-refractivity contribution >= 4 is 33.2 Å². The number of ether oxygens (including phenoxy) is 2. The summed E-state index contributed by atoms with van der Waals surface area (Å²) in [6.45, 7) is 3.18. The average Bonchev–Trinajstić information content (AvgIpc) is 3.36. The number of benzene rings is 3. The fraction of sp³-hybridized carbons (Fsp3) is 0.269. The molecule has 13 heteroatoms. The van der Waals surface area contributed by atoms with Crippen LogP contribution in [-0.2, 0) is 22.7 Å². The molecule has 0 atom stereocenters. The van der Waals surface area contributed by atoms with Crippen molar-refractivity contribution in [1.82, 2.24) is 4.90 Å². The number of rotatable bonds is 6. The van der Waals surface area contributed by atoms with E-state index in [1.54, 1.807) is 4.90 Å². The highest BCUT2D eigenvalue weighted by Gasteiger charge is 2.31. The molecular weight excluding hydrogens is 559 g/mol. The monoisotopic (exact) mass is 582 g/mol. The third kappa shape index (κ3) is 6.07. The number of carbonyl (C=O) groups excluding carboxylic acids is 1. The molecule has 2 heterocycles. The molecule has 2 aliphatic heterocycles. The zero-order chi connectivity index (χ0) is 27.8. The predicted molar refractivity (Wildman–Crippen MR) is 137 cm³/mol. The minimum absolute atomic E-state index is 0.00260. The third-order valence-corrected chi connectivity index (χ3v) is 8.28. The standard InChI is InChI=1S/C26H23ClF3N3O5S/c27-22-6-5-20(39(35,36)31-19-3-1-2-18(13-19)26(28,29)30)14-21(22)25(34)33-10-8-32(9-11-33)15-17-4-7-23-24(12-17)38-16-37-23/h1-7,12-14,31H,8-11,15-16H2/p+1. The van der Waals surface area contributed by atoms with Crippen LogP contribution in [0.1, 0.15) is 21.5 Å². The Labute approximate surface area is 227 Å². The number of piperazine rings is 1. The van der Waals surface area contributed by atoms with Crippen LogP contribution in [0.5, 0.6) is 11.5 Å². The largest absolute Gasteiger partial charge is 0.454 e. The number of hydrogen-bond acceptors (Lipinski definition) is 5. The highest BCUT2D eigenvalue weighted by Crippen LogP contribution is 2.33. The van der Waals surface area contributed by atoms with Crippen LogP contribution in [0.25, 0.3) is 0 Å². The van der Waals surface area contributed by atoms with Gasteiger partial charge in [-0.15, -0.1) is 0 Å². The van der Waals surface area contributed by atoms with Crippen molar-refractivity contribution in [2.24, 2.45) is 0 Å². The lowest BCUT2D eigenvalue weighted by Gasteiger charge is -2.32. The molecular formula is C26H24ClF3N3O5S+. The molecule has 0 saturated carbocycles. The van der Waals surface area contributed by atoms with Crippen molar-refractivity contribution in [2.75, 3.05) is 37.7 Å². The Bertz CT molecular complexity index is 1510. The van der Waals surface area contributed by atoms with Crippen molar-refractivity contribution in [3.8, 4) is 11.5 Å². The second kappa shape index (κ2) is 10.6. The van der Waals surface area contributed by atoms with Crippen LogP contribution in [0, 0.1) is 0 Å². The maximum atomic E-state index is 13.3. The summed E-state index contributed by atoms with van der Waals surface area (Å²) < 4.78 is 77.8. The quantitative estimate of drug-likeness (QED) is 0.465.